The van der Waals surface area contributed by atoms with E-state index in [9.17, 15) is 9.59 Å². The second-order valence-corrected chi connectivity index (χ2v) is 5.38. The van der Waals surface area contributed by atoms with Gasteiger partial charge in [0.15, 0.2) is 0 Å². The van der Waals surface area contributed by atoms with Gasteiger partial charge in [-0.15, -0.1) is 0 Å². The Balaban J connectivity index is 1.76. The molecule has 1 heterocycles. The molecule has 100 valence electrons. The first kappa shape index (κ1) is 12.4. The number of amides is 2. The fourth-order valence-electron chi connectivity index (χ4n) is 3.15. The van der Waals surface area contributed by atoms with Crippen LogP contribution in [0, 0.1) is 11.8 Å². The molecule has 4 heteroatoms. The Morgan fingerprint density at radius 3 is 2.05 bits per heavy atom. The Bertz CT molecular complexity index is 487. The molecule has 4 nitrogen and oxygen atoms in total. The lowest BCUT2D eigenvalue weighted by molar-refractivity contribution is -0.141. The van der Waals surface area contributed by atoms with Crippen molar-refractivity contribution in [1.82, 2.24) is 4.90 Å². The number of fused-ring (bicyclic) bond motifs is 1. The molecule has 2 unspecified atom stereocenters. The molecule has 1 saturated carbocycles. The number of likely N-dealkylation sites (tertiary alicyclic amines) is 1. The minimum absolute atomic E-state index is 0.00117. The number of carbonyl (C=O) groups is 2. The number of aliphatic hydroxyl groups excluding tert-OH is 1. The Morgan fingerprint density at radius 1 is 1.00 bits per heavy atom. The zero-order chi connectivity index (χ0) is 13.4. The molecular formula is C15H17NO3. The van der Waals surface area contributed by atoms with Crippen LogP contribution in [0.1, 0.15) is 30.4 Å². The predicted molar refractivity (Wildman–Crippen MR) is 68.8 cm³/mol. The average molecular weight is 259 g/mol. The van der Waals surface area contributed by atoms with Crippen LogP contribution in [0.3, 0.4) is 0 Å². The van der Waals surface area contributed by atoms with Crippen molar-refractivity contribution in [2.75, 3.05) is 0 Å². The molecule has 2 fully saturated rings. The molecule has 19 heavy (non-hydrogen) atoms. The summed E-state index contributed by atoms with van der Waals surface area (Å²) in [6.45, 7) is 0.363. The second kappa shape index (κ2) is 4.78. The molecule has 3 rings (SSSR count). The molecule has 1 aliphatic carbocycles. The molecule has 0 bridgehead atoms. The monoisotopic (exact) mass is 259 g/mol. The third kappa shape index (κ3) is 2.06. The minimum Gasteiger partial charge on any atom is -0.392 e. The van der Waals surface area contributed by atoms with Crippen molar-refractivity contribution in [3.05, 3.63) is 35.4 Å². The predicted octanol–water partition coefficient (Wildman–Crippen LogP) is 1.46. The summed E-state index contributed by atoms with van der Waals surface area (Å²) in [5, 5.41) is 8.99. The van der Waals surface area contributed by atoms with Gasteiger partial charge < -0.3 is 5.11 Å². The summed E-state index contributed by atoms with van der Waals surface area (Å²) in [6, 6.07) is 7.36. The normalized spacial score (nSPS) is 26.1. The minimum atomic E-state index is -0.0655. The van der Waals surface area contributed by atoms with Gasteiger partial charge in [-0.25, -0.2) is 0 Å². The molecule has 1 aromatic carbocycles. The number of rotatable bonds is 3. The Labute approximate surface area is 112 Å². The molecule has 2 amide bonds. The number of carbonyl (C=O) groups excluding carboxylic acids is 2. The molecule has 2 atom stereocenters. The van der Waals surface area contributed by atoms with Crippen LogP contribution in [0.5, 0.6) is 0 Å². The van der Waals surface area contributed by atoms with Crippen molar-refractivity contribution in [2.24, 2.45) is 11.8 Å². The first-order valence-electron chi connectivity index (χ1n) is 6.74. The van der Waals surface area contributed by atoms with E-state index in [1.54, 1.807) is 0 Å². The number of aliphatic hydroxyl groups is 1. The maximum Gasteiger partial charge on any atom is 0.233 e. The highest BCUT2D eigenvalue weighted by molar-refractivity contribution is 6.05. The molecule has 0 aromatic heterocycles. The smallest absolute Gasteiger partial charge is 0.233 e. The van der Waals surface area contributed by atoms with Gasteiger partial charge in [-0.05, 0) is 24.0 Å². The molecular weight excluding hydrogens is 242 g/mol. The first-order valence-corrected chi connectivity index (χ1v) is 6.74. The van der Waals surface area contributed by atoms with Crippen LogP contribution in [0.25, 0.3) is 0 Å². The Kier molecular flexibility index (Phi) is 3.11. The lowest BCUT2D eigenvalue weighted by Crippen LogP contribution is -2.31. The zero-order valence-electron chi connectivity index (χ0n) is 10.7. The van der Waals surface area contributed by atoms with E-state index in [1.165, 1.54) is 4.90 Å². The van der Waals surface area contributed by atoms with Crippen molar-refractivity contribution in [3.8, 4) is 0 Å². The lowest BCUT2D eigenvalue weighted by Gasteiger charge is -2.16. The average Bonchev–Trinajstić information content (AvgIpc) is 3.00. The van der Waals surface area contributed by atoms with Gasteiger partial charge in [-0.1, -0.05) is 30.7 Å². The summed E-state index contributed by atoms with van der Waals surface area (Å²) in [7, 11) is 0. The van der Waals surface area contributed by atoms with Crippen LogP contribution in [-0.4, -0.2) is 21.8 Å². The van der Waals surface area contributed by atoms with Crippen LogP contribution in [0.4, 0.5) is 0 Å². The number of imide groups is 1. The van der Waals surface area contributed by atoms with E-state index >= 15 is 0 Å². The van der Waals surface area contributed by atoms with Gasteiger partial charge in [0.05, 0.1) is 25.0 Å². The van der Waals surface area contributed by atoms with E-state index in [0.29, 0.717) is 6.54 Å². The van der Waals surface area contributed by atoms with Gasteiger partial charge in [-0.3, -0.25) is 14.5 Å². The molecule has 1 aromatic rings. The summed E-state index contributed by atoms with van der Waals surface area (Å²) in [5.41, 5.74) is 1.76. The quantitative estimate of drug-likeness (QED) is 0.836. The topological polar surface area (TPSA) is 57.6 Å². The van der Waals surface area contributed by atoms with Crippen LogP contribution in [0.2, 0.25) is 0 Å². The Hall–Kier alpha value is -1.68. The zero-order valence-corrected chi connectivity index (χ0v) is 10.7. The molecule has 0 radical (unpaired) electrons. The fraction of sp³-hybridized carbons (Fsp3) is 0.467. The van der Waals surface area contributed by atoms with E-state index < -0.39 is 0 Å². The highest BCUT2D eigenvalue weighted by Gasteiger charge is 2.49. The van der Waals surface area contributed by atoms with Crippen molar-refractivity contribution in [1.29, 1.82) is 0 Å². The highest BCUT2D eigenvalue weighted by atomic mass is 16.3. The van der Waals surface area contributed by atoms with Gasteiger partial charge in [0.1, 0.15) is 0 Å². The van der Waals surface area contributed by atoms with Gasteiger partial charge in [0, 0.05) is 0 Å². The number of nitrogens with zero attached hydrogens (tertiary/aromatic N) is 1. The van der Waals surface area contributed by atoms with Gasteiger partial charge in [0.25, 0.3) is 0 Å². The number of hydrogen-bond donors (Lipinski definition) is 1. The summed E-state index contributed by atoms with van der Waals surface area (Å²) in [5.74, 6) is -0.133. The summed E-state index contributed by atoms with van der Waals surface area (Å²) in [6.07, 6.45) is 2.70. The van der Waals surface area contributed by atoms with Crippen LogP contribution in [-0.2, 0) is 22.7 Å². The van der Waals surface area contributed by atoms with E-state index in [2.05, 4.69) is 0 Å². The van der Waals surface area contributed by atoms with E-state index in [0.717, 1.165) is 30.4 Å². The third-order valence-corrected chi connectivity index (χ3v) is 4.23. The van der Waals surface area contributed by atoms with Crippen molar-refractivity contribution in [2.45, 2.75) is 32.4 Å². The summed E-state index contributed by atoms with van der Waals surface area (Å²) >= 11 is 0. The highest BCUT2D eigenvalue weighted by Crippen LogP contribution is 2.40. The third-order valence-electron chi connectivity index (χ3n) is 4.23. The van der Waals surface area contributed by atoms with Crippen molar-refractivity contribution in [3.63, 3.8) is 0 Å². The van der Waals surface area contributed by atoms with E-state index in [1.807, 2.05) is 24.3 Å². The molecule has 1 N–H and O–H groups in total. The maximum absolute atomic E-state index is 12.2. The maximum atomic E-state index is 12.2. The molecule has 1 aliphatic heterocycles. The molecule has 0 spiro atoms. The fourth-order valence-corrected chi connectivity index (χ4v) is 3.15. The van der Waals surface area contributed by atoms with E-state index in [4.69, 9.17) is 5.11 Å². The largest absolute Gasteiger partial charge is 0.392 e. The summed E-state index contributed by atoms with van der Waals surface area (Å²) in [4.78, 5) is 25.8. The molecule has 2 aliphatic rings. The number of benzene rings is 1. The first-order chi connectivity index (χ1) is 9.20. The second-order valence-electron chi connectivity index (χ2n) is 5.38. The standard InChI is InChI=1S/C15H17NO3/c17-9-11-6-4-10(5-7-11)8-16-14(18)12-2-1-3-13(12)15(16)19/h4-7,12-13,17H,1-3,8-9H2. The van der Waals surface area contributed by atoms with E-state index in [-0.39, 0.29) is 30.3 Å². The van der Waals surface area contributed by atoms with Crippen molar-refractivity contribution < 1.29 is 14.7 Å². The number of hydrogen-bond acceptors (Lipinski definition) is 3. The van der Waals surface area contributed by atoms with Gasteiger partial charge in [0.2, 0.25) is 11.8 Å². The lowest BCUT2D eigenvalue weighted by atomic mass is 10.00. The van der Waals surface area contributed by atoms with Gasteiger partial charge in [-0.2, -0.15) is 0 Å². The SMILES string of the molecule is O=C1C2CCCC2C(=O)N1Cc1ccc(CO)cc1. The van der Waals surface area contributed by atoms with Crippen molar-refractivity contribution >= 4 is 11.8 Å². The van der Waals surface area contributed by atoms with Crippen LogP contribution in [0.15, 0.2) is 24.3 Å². The Morgan fingerprint density at radius 2 is 1.53 bits per heavy atom. The molecule has 1 saturated heterocycles. The van der Waals surface area contributed by atoms with Gasteiger partial charge >= 0.3 is 0 Å². The van der Waals surface area contributed by atoms with Crippen LogP contribution >= 0.6 is 0 Å². The summed E-state index contributed by atoms with van der Waals surface area (Å²) < 4.78 is 0. The van der Waals surface area contributed by atoms with Crippen LogP contribution < -0.4 is 0 Å².